The zero-order valence-electron chi connectivity index (χ0n) is 60.9. The summed E-state index contributed by atoms with van der Waals surface area (Å²) < 4.78 is 0. The van der Waals surface area contributed by atoms with Gasteiger partial charge in [0.15, 0.2) is 0 Å². The molecule has 2 aromatic carbocycles. The highest BCUT2D eigenvalue weighted by molar-refractivity contribution is 7.99. The lowest BCUT2D eigenvalue weighted by atomic mass is 9.64. The third kappa shape index (κ3) is 57.1. The number of unbranched alkanes of at least 4 members (excludes halogenated alkanes) is 3. The molecule has 0 saturated heterocycles. The number of nitrogens with one attached hydrogen (secondary N) is 2. The first-order valence-corrected chi connectivity index (χ1v) is 32.8. The van der Waals surface area contributed by atoms with E-state index in [2.05, 4.69) is 292 Å². The van der Waals surface area contributed by atoms with Crippen molar-refractivity contribution in [2.24, 2.45) is 39.0 Å². The predicted octanol–water partition coefficient (Wildman–Crippen LogP) is 22.4. The van der Waals surface area contributed by atoms with Crippen LogP contribution in [-0.4, -0.2) is 69.6 Å². The topological polar surface area (TPSA) is 82.6 Å². The summed E-state index contributed by atoms with van der Waals surface area (Å²) >= 11 is 2.10. The molecule has 0 amide bonds. The first-order valence-electron chi connectivity index (χ1n) is 31.8. The summed E-state index contributed by atoms with van der Waals surface area (Å²) in [4.78, 5) is 6.14. The number of likely N-dealkylation sites (N-methyl/N-ethyl adjacent to an activating group) is 1. The number of thioether (sulfide) groups is 1. The molecule has 6 N–H and O–H groups in total. The molecule has 0 radical (unpaired) electrons. The van der Waals surface area contributed by atoms with E-state index in [1.807, 2.05) is 40.8 Å². The summed E-state index contributed by atoms with van der Waals surface area (Å²) in [7, 11) is 8.51. The quantitative estimate of drug-likeness (QED) is 0.0777. The minimum atomic E-state index is 0.165. The van der Waals surface area contributed by atoms with Crippen LogP contribution in [0.2, 0.25) is 0 Å². The molecule has 488 valence electrons. The Labute approximate surface area is 527 Å². The maximum absolute atomic E-state index is 5.63. The summed E-state index contributed by atoms with van der Waals surface area (Å²) in [6.45, 7) is 82.6. The van der Waals surface area contributed by atoms with Crippen molar-refractivity contribution in [1.82, 2.24) is 15.5 Å². The van der Waals surface area contributed by atoms with Gasteiger partial charge in [0.2, 0.25) is 0 Å². The molecule has 0 aromatic heterocycles. The van der Waals surface area contributed by atoms with E-state index in [1.54, 1.807) is 12.3 Å². The largest absolute Gasteiger partial charge is 0.405 e. The molecular weight excluding hydrogens is 1030 g/mol. The molecule has 0 spiro atoms. The number of fused-ring (bicyclic) bond motifs is 1. The molecule has 1 aliphatic rings. The van der Waals surface area contributed by atoms with Crippen LogP contribution in [0, 0.1) is 34.5 Å². The van der Waals surface area contributed by atoms with Gasteiger partial charge >= 0.3 is 0 Å². The van der Waals surface area contributed by atoms with Gasteiger partial charge in [0, 0.05) is 60.5 Å². The standard InChI is InChI=1S/C26H37NS.C14H30N2.C9H18N2.C6H14.C6H12.C5H12.C2H5N.2C2H6.2C2H4/c1-7-9-15-26(8-2)18-28-24-14-13-22(27(5)6)17-23(24)25(20(26)4)21-12-10-11-19(3)16-21;1-12(2)13(15-6)10-8-9-11-16(7)14(3,4)5;1-3-9(10)7-5-6-8-11-4-2;2*1-5-6(2,3)4;1-5(2,3)4;1-2-3;4*1-2/h10-14,16-17,20,25H,7-9,15,18H2,1-6H3;13,15H,1,8-11H2,2-7H3;3-4,9,11H,1-2,5-8,10H2;5H2,1-4H3;5H,1H2,2-4H3;1-4H3;2H,1,3H2;2*1-2H3;2*1-2H2. The van der Waals surface area contributed by atoms with Crippen molar-refractivity contribution in [3.8, 4) is 0 Å². The van der Waals surface area contributed by atoms with Crippen LogP contribution in [0.4, 0.5) is 5.69 Å². The van der Waals surface area contributed by atoms with Gasteiger partial charge < -0.3 is 31.9 Å². The molecule has 1 aliphatic heterocycles. The first-order chi connectivity index (χ1) is 38.5. The van der Waals surface area contributed by atoms with E-state index in [0.29, 0.717) is 39.5 Å². The van der Waals surface area contributed by atoms with Crippen LogP contribution in [0.5, 0.6) is 0 Å². The Balaban J connectivity index is -0.000000145. The summed E-state index contributed by atoms with van der Waals surface area (Å²) in [5, 5.41) is 6.34. The van der Waals surface area contributed by atoms with E-state index < -0.39 is 0 Å². The van der Waals surface area contributed by atoms with E-state index in [9.17, 15) is 0 Å². The van der Waals surface area contributed by atoms with Gasteiger partial charge in [-0.15, -0.1) is 51.2 Å². The third-order valence-corrected chi connectivity index (χ3v) is 14.9. The Morgan fingerprint density at radius 1 is 0.783 bits per heavy atom. The average Bonchev–Trinajstić information content (AvgIpc) is 3.55. The van der Waals surface area contributed by atoms with E-state index in [1.165, 1.54) is 103 Å². The number of hydrogen-bond acceptors (Lipinski definition) is 7. The zero-order valence-corrected chi connectivity index (χ0v) is 61.7. The molecule has 3 rings (SSSR count). The molecule has 2 aromatic rings. The summed E-state index contributed by atoms with van der Waals surface area (Å²) in [5.41, 5.74) is 19.2. The Morgan fingerprint density at radius 2 is 1.27 bits per heavy atom. The molecule has 0 bridgehead atoms. The van der Waals surface area contributed by atoms with Crippen LogP contribution < -0.4 is 27.0 Å². The van der Waals surface area contributed by atoms with Crippen LogP contribution in [-0.2, 0) is 0 Å². The highest BCUT2D eigenvalue weighted by Crippen LogP contribution is 2.54. The summed E-state index contributed by atoms with van der Waals surface area (Å²) in [6, 6.07) is 17.0. The van der Waals surface area contributed by atoms with Crippen molar-refractivity contribution in [1.29, 1.82) is 0 Å². The molecule has 7 heteroatoms. The SMILES string of the molecule is C=C.C=C.C=C(C)C(CCCCN(C)C(C)(C)C)NC.C=CC(C)(C)C.C=CN.C=CNCCCCC(N)C=C.CC.CC.CC(C)(C)C.CCC(C)(C)C.CCCCC1(CC)CSc2ccc(N(C)C)cc2C(c2cccc(C)c2)C1C. The second-order valence-corrected chi connectivity index (χ2v) is 27.0. The maximum atomic E-state index is 5.63. The monoisotopic (exact) mass is 1180 g/mol. The number of hydrogen-bond donors (Lipinski definition) is 4. The van der Waals surface area contributed by atoms with Crippen LogP contribution in [0.15, 0.2) is 137 Å². The van der Waals surface area contributed by atoms with Crippen molar-refractivity contribution in [2.45, 2.75) is 258 Å². The average molecular weight is 1180 g/mol. The fraction of sp³-hybridized carbons (Fsp3) is 0.658. The van der Waals surface area contributed by atoms with Crippen LogP contribution >= 0.6 is 11.8 Å². The molecule has 0 fully saturated rings. The van der Waals surface area contributed by atoms with Crippen LogP contribution in [0.3, 0.4) is 0 Å². The van der Waals surface area contributed by atoms with Gasteiger partial charge in [-0.2, -0.15) is 0 Å². The fourth-order valence-corrected chi connectivity index (χ4v) is 8.99. The minimum Gasteiger partial charge on any atom is -0.405 e. The number of nitrogens with zero attached hydrogens (tertiary/aromatic N) is 2. The van der Waals surface area contributed by atoms with Gasteiger partial charge in [-0.3, -0.25) is 0 Å². The molecule has 6 nitrogen and oxygen atoms in total. The highest BCUT2D eigenvalue weighted by Gasteiger charge is 2.42. The lowest BCUT2D eigenvalue weighted by Gasteiger charge is -2.41. The van der Waals surface area contributed by atoms with Gasteiger partial charge in [-0.05, 0) is 170 Å². The molecule has 5 unspecified atom stereocenters. The minimum absolute atomic E-state index is 0.165. The predicted molar refractivity (Wildman–Crippen MR) is 394 cm³/mol. The molecule has 1 heterocycles. The second-order valence-electron chi connectivity index (χ2n) is 26.0. The van der Waals surface area contributed by atoms with E-state index in [0.717, 1.165) is 25.8 Å². The normalized spacial score (nSPS) is 15.4. The van der Waals surface area contributed by atoms with E-state index in [4.69, 9.17) is 5.73 Å². The van der Waals surface area contributed by atoms with Crippen molar-refractivity contribution >= 4 is 17.4 Å². The van der Waals surface area contributed by atoms with Gasteiger partial charge in [0.1, 0.15) is 0 Å². The zero-order chi connectivity index (χ0) is 67.2. The molecular formula is C76H148N6S. The van der Waals surface area contributed by atoms with E-state index in [-0.39, 0.29) is 11.6 Å². The Kier molecular flexibility index (Phi) is 66.0. The number of allylic oxidation sites excluding steroid dienone is 1. The van der Waals surface area contributed by atoms with Gasteiger partial charge in [-0.25, -0.2) is 0 Å². The van der Waals surface area contributed by atoms with Gasteiger partial charge in [-0.1, -0.05) is 218 Å². The highest BCUT2D eigenvalue weighted by atomic mass is 32.2. The van der Waals surface area contributed by atoms with E-state index >= 15 is 0 Å². The van der Waals surface area contributed by atoms with Crippen molar-refractivity contribution in [3.05, 3.63) is 148 Å². The van der Waals surface area contributed by atoms with Crippen LogP contribution in [0.1, 0.15) is 246 Å². The molecule has 0 aliphatic carbocycles. The lowest BCUT2D eigenvalue weighted by Crippen LogP contribution is -2.38. The summed E-state index contributed by atoms with van der Waals surface area (Å²) in [6.07, 6.45) is 20.2. The summed E-state index contributed by atoms with van der Waals surface area (Å²) in [5.74, 6) is 2.32. The Morgan fingerprint density at radius 3 is 1.63 bits per heavy atom. The number of benzene rings is 2. The number of nitrogens with two attached hydrogens (primary N) is 2. The fourth-order valence-electron chi connectivity index (χ4n) is 7.42. The first kappa shape index (κ1) is 95.6. The molecule has 0 saturated carbocycles. The number of anilines is 1. The molecule has 83 heavy (non-hydrogen) atoms. The van der Waals surface area contributed by atoms with Crippen molar-refractivity contribution < 1.29 is 0 Å². The third-order valence-electron chi connectivity index (χ3n) is 13.5. The molecule has 5 atom stereocenters. The van der Waals surface area contributed by atoms with Gasteiger partial charge in [0.05, 0.1) is 0 Å². The van der Waals surface area contributed by atoms with Crippen LogP contribution in [0.25, 0.3) is 0 Å². The van der Waals surface area contributed by atoms with Crippen molar-refractivity contribution in [2.75, 3.05) is 51.9 Å². The van der Waals surface area contributed by atoms with Gasteiger partial charge in [0.25, 0.3) is 0 Å². The Bertz CT molecular complexity index is 1800. The number of aryl methyl sites for hydroxylation is 1. The second kappa shape index (κ2) is 57.3. The Hall–Kier alpha value is -3.75. The lowest BCUT2D eigenvalue weighted by molar-refractivity contribution is 0.162. The number of rotatable bonds is 20. The maximum Gasteiger partial charge on any atom is 0.0364 e. The smallest absolute Gasteiger partial charge is 0.0364 e. The van der Waals surface area contributed by atoms with Crippen molar-refractivity contribution in [3.63, 3.8) is 0 Å².